The van der Waals surface area contributed by atoms with Crippen molar-refractivity contribution in [1.82, 2.24) is 0 Å². The van der Waals surface area contributed by atoms with E-state index in [1.54, 1.807) is 24.3 Å². The number of hydrogen-bond donors (Lipinski definition) is 0. The van der Waals surface area contributed by atoms with Crippen LogP contribution in [0.15, 0.2) is 39.8 Å². The Kier molecular flexibility index (Phi) is 3.16. The summed E-state index contributed by atoms with van der Waals surface area (Å²) in [6, 6.07) is 8.41. The van der Waals surface area contributed by atoms with Crippen LogP contribution in [0, 0.1) is 32.8 Å². The zero-order valence-corrected chi connectivity index (χ0v) is 11.0. The van der Waals surface area contributed by atoms with E-state index in [9.17, 15) is 10.1 Å². The Morgan fingerprint density at radius 2 is 2.16 bits per heavy atom. The molecule has 0 radical (unpaired) electrons. The molecule has 1 aliphatic rings. The van der Waals surface area contributed by atoms with Crippen molar-refractivity contribution in [2.75, 3.05) is 0 Å². The molecule has 7 heteroatoms. The number of nitro groups is 1. The van der Waals surface area contributed by atoms with Crippen LogP contribution in [0.3, 0.4) is 0 Å². The predicted molar refractivity (Wildman–Crippen MR) is 69.9 cm³/mol. The minimum atomic E-state index is -2.05. The zero-order valence-electron chi connectivity index (χ0n) is 9.37. The first-order valence-electron chi connectivity index (χ1n) is 5.07. The van der Waals surface area contributed by atoms with Gasteiger partial charge in [0.1, 0.15) is 6.07 Å². The van der Waals surface area contributed by atoms with E-state index in [1.165, 1.54) is 6.08 Å². The van der Waals surface area contributed by atoms with Gasteiger partial charge in [0.05, 0.1) is 16.2 Å². The van der Waals surface area contributed by atoms with E-state index in [1.807, 2.05) is 6.07 Å². The molecule has 1 unspecified atom stereocenters. The molecule has 0 fully saturated rings. The molecule has 1 heterocycles. The number of aliphatic imine (C=N–C) groups is 1. The third kappa shape index (κ3) is 2.12. The van der Waals surface area contributed by atoms with E-state index >= 15 is 0 Å². The van der Waals surface area contributed by atoms with Gasteiger partial charge in [0.25, 0.3) is 0 Å². The Balaban J connectivity index is 2.47. The van der Waals surface area contributed by atoms with Gasteiger partial charge in [-0.05, 0) is 34.1 Å². The lowest BCUT2D eigenvalue weighted by atomic mass is 10.1. The number of rotatable bonds is 2. The molecule has 0 bridgehead atoms. The monoisotopic (exact) mass is 316 g/mol. The van der Waals surface area contributed by atoms with Crippen molar-refractivity contribution in [1.29, 1.82) is 10.5 Å². The van der Waals surface area contributed by atoms with Gasteiger partial charge in [-0.1, -0.05) is 6.07 Å². The lowest BCUT2D eigenvalue weighted by Crippen LogP contribution is -2.30. The number of nitriles is 2. The first kappa shape index (κ1) is 12.9. The second kappa shape index (κ2) is 4.63. The summed E-state index contributed by atoms with van der Waals surface area (Å²) in [5, 5.41) is 28.6. The van der Waals surface area contributed by atoms with E-state index in [0.717, 1.165) is 6.08 Å². The second-order valence-corrected chi connectivity index (χ2v) is 4.59. The number of hydrogen-bond acceptors (Lipinski definition) is 5. The standard InChI is InChI=1S/C12H5BrN4O2/c13-10-5-8(1-2-9(10)6-14)11-3-4-12(7-15,16-11)17(18)19/h1-5H. The van der Waals surface area contributed by atoms with Gasteiger partial charge >= 0.3 is 5.66 Å². The molecule has 1 aliphatic heterocycles. The van der Waals surface area contributed by atoms with Gasteiger partial charge < -0.3 is 0 Å². The van der Waals surface area contributed by atoms with Crippen LogP contribution in [0.5, 0.6) is 0 Å². The molecule has 0 amide bonds. The smallest absolute Gasteiger partial charge is 0.261 e. The SMILES string of the molecule is N#Cc1ccc(C2=NC(C#N)([N+](=O)[O-])C=C2)cc1Br. The fourth-order valence-electron chi connectivity index (χ4n) is 1.58. The summed E-state index contributed by atoms with van der Waals surface area (Å²) < 4.78 is 0.569. The lowest BCUT2D eigenvalue weighted by molar-refractivity contribution is -0.534. The van der Waals surface area contributed by atoms with Gasteiger partial charge in [-0.15, -0.1) is 0 Å². The summed E-state index contributed by atoms with van der Waals surface area (Å²) in [4.78, 5) is 14.0. The first-order valence-corrected chi connectivity index (χ1v) is 5.86. The number of benzene rings is 1. The predicted octanol–water partition coefficient (Wildman–Crippen LogP) is 2.18. The van der Waals surface area contributed by atoms with Crippen molar-refractivity contribution in [3.63, 3.8) is 0 Å². The highest BCUT2D eigenvalue weighted by Gasteiger charge is 2.43. The molecule has 0 saturated carbocycles. The zero-order chi connectivity index (χ0) is 14.0. The van der Waals surface area contributed by atoms with Gasteiger partial charge in [0.15, 0.2) is 6.07 Å². The topological polar surface area (TPSA) is 103 Å². The summed E-state index contributed by atoms with van der Waals surface area (Å²) in [6.45, 7) is 0. The first-order chi connectivity index (χ1) is 9.02. The van der Waals surface area contributed by atoms with E-state index < -0.39 is 10.6 Å². The Morgan fingerprint density at radius 3 is 2.63 bits per heavy atom. The molecule has 1 aromatic rings. The summed E-state index contributed by atoms with van der Waals surface area (Å²) in [5.41, 5.74) is -0.660. The van der Waals surface area contributed by atoms with E-state index in [2.05, 4.69) is 20.9 Å². The average molecular weight is 317 g/mol. The average Bonchev–Trinajstić information content (AvgIpc) is 2.84. The van der Waals surface area contributed by atoms with Crippen LogP contribution < -0.4 is 0 Å². The Morgan fingerprint density at radius 1 is 1.42 bits per heavy atom. The molecule has 2 rings (SSSR count). The molecule has 0 aromatic heterocycles. The van der Waals surface area contributed by atoms with E-state index in [0.29, 0.717) is 21.3 Å². The Bertz CT molecular complexity index is 711. The van der Waals surface area contributed by atoms with Gasteiger partial charge in [0.2, 0.25) is 0 Å². The summed E-state index contributed by atoms with van der Waals surface area (Å²) in [7, 11) is 0. The minimum Gasteiger partial charge on any atom is -0.261 e. The van der Waals surface area contributed by atoms with Crippen molar-refractivity contribution >= 4 is 21.6 Å². The Hall–Kier alpha value is -2.51. The molecule has 0 saturated heterocycles. The van der Waals surface area contributed by atoms with Crippen LogP contribution in [0.4, 0.5) is 0 Å². The summed E-state index contributed by atoms with van der Waals surface area (Å²) >= 11 is 3.23. The second-order valence-electron chi connectivity index (χ2n) is 3.73. The lowest BCUT2D eigenvalue weighted by Gasteiger charge is -2.05. The summed E-state index contributed by atoms with van der Waals surface area (Å²) in [5.74, 6) is 0. The largest absolute Gasteiger partial charge is 0.419 e. The van der Waals surface area contributed by atoms with Crippen LogP contribution in [0.1, 0.15) is 11.1 Å². The van der Waals surface area contributed by atoms with Crippen LogP contribution in [-0.2, 0) is 0 Å². The normalized spacial score (nSPS) is 20.5. The molecule has 0 aliphatic carbocycles. The molecule has 1 aromatic carbocycles. The number of nitrogens with zero attached hydrogens (tertiary/aromatic N) is 4. The van der Waals surface area contributed by atoms with Crippen molar-refractivity contribution in [3.05, 3.63) is 56.1 Å². The van der Waals surface area contributed by atoms with E-state index in [4.69, 9.17) is 10.5 Å². The molecule has 0 spiro atoms. The van der Waals surface area contributed by atoms with Gasteiger partial charge in [0, 0.05) is 16.1 Å². The summed E-state index contributed by atoms with van der Waals surface area (Å²) in [6.07, 6.45) is 2.58. The third-order valence-electron chi connectivity index (χ3n) is 2.59. The highest BCUT2D eigenvalue weighted by Crippen LogP contribution is 2.24. The van der Waals surface area contributed by atoms with Crippen molar-refractivity contribution < 1.29 is 4.92 Å². The maximum absolute atomic E-state index is 10.9. The molecular weight excluding hydrogens is 312 g/mol. The molecule has 19 heavy (non-hydrogen) atoms. The van der Waals surface area contributed by atoms with Crippen molar-refractivity contribution in [2.45, 2.75) is 5.66 Å². The molecular formula is C12H5BrN4O2. The third-order valence-corrected chi connectivity index (χ3v) is 3.25. The molecule has 6 nitrogen and oxygen atoms in total. The maximum Gasteiger partial charge on any atom is 0.419 e. The fourth-order valence-corrected chi connectivity index (χ4v) is 2.05. The molecule has 92 valence electrons. The van der Waals surface area contributed by atoms with Crippen LogP contribution in [0.25, 0.3) is 0 Å². The van der Waals surface area contributed by atoms with Crippen LogP contribution in [-0.4, -0.2) is 16.3 Å². The van der Waals surface area contributed by atoms with Gasteiger partial charge in [-0.3, -0.25) is 10.1 Å². The fraction of sp³-hybridized carbons (Fsp3) is 0.0833. The molecule has 0 N–H and O–H groups in total. The van der Waals surface area contributed by atoms with Gasteiger partial charge in [-0.25, -0.2) is 0 Å². The van der Waals surface area contributed by atoms with Crippen LogP contribution >= 0.6 is 15.9 Å². The number of allylic oxidation sites excluding steroid dienone is 1. The maximum atomic E-state index is 10.9. The molecule has 1 atom stereocenters. The van der Waals surface area contributed by atoms with E-state index in [-0.39, 0.29) is 0 Å². The van der Waals surface area contributed by atoms with Crippen molar-refractivity contribution in [3.8, 4) is 12.1 Å². The minimum absolute atomic E-state index is 0.337. The van der Waals surface area contributed by atoms with Gasteiger partial charge in [-0.2, -0.15) is 15.5 Å². The highest BCUT2D eigenvalue weighted by molar-refractivity contribution is 9.10. The van der Waals surface area contributed by atoms with Crippen molar-refractivity contribution in [2.24, 2.45) is 4.99 Å². The highest BCUT2D eigenvalue weighted by atomic mass is 79.9. The number of halogens is 1. The Labute approximate surface area is 116 Å². The van der Waals surface area contributed by atoms with Crippen LogP contribution in [0.2, 0.25) is 0 Å². The quantitative estimate of drug-likeness (QED) is 0.616.